The molecule has 1 unspecified atom stereocenters. The molecule has 2 aromatic carbocycles. The van der Waals surface area contributed by atoms with E-state index >= 15 is 0 Å². The number of phenols is 1. The van der Waals surface area contributed by atoms with Gasteiger partial charge in [0.25, 0.3) is 0 Å². The van der Waals surface area contributed by atoms with Gasteiger partial charge in [0.05, 0.1) is 6.54 Å². The highest BCUT2D eigenvalue weighted by atomic mass is 16.3. The van der Waals surface area contributed by atoms with Crippen LogP contribution < -0.4 is 0 Å². The summed E-state index contributed by atoms with van der Waals surface area (Å²) in [5, 5.41) is 21.3. The number of benzene rings is 2. The summed E-state index contributed by atoms with van der Waals surface area (Å²) in [5.74, 6) is 7.10. The second kappa shape index (κ2) is 7.86. The van der Waals surface area contributed by atoms with Gasteiger partial charge in [0.15, 0.2) is 0 Å². The van der Waals surface area contributed by atoms with Gasteiger partial charge in [-0.2, -0.15) is 0 Å². The molecule has 0 radical (unpaired) electrons. The van der Waals surface area contributed by atoms with Crippen LogP contribution in [0.4, 0.5) is 0 Å². The third kappa shape index (κ3) is 4.06. The van der Waals surface area contributed by atoms with Crippen LogP contribution in [0.15, 0.2) is 48.5 Å². The first kappa shape index (κ1) is 20.0. The van der Waals surface area contributed by atoms with Crippen LogP contribution >= 0.6 is 0 Å². The minimum Gasteiger partial charge on any atom is -0.508 e. The van der Waals surface area contributed by atoms with Crippen LogP contribution in [0.1, 0.15) is 42.4 Å². The maximum atomic E-state index is 11.3. The highest BCUT2D eigenvalue weighted by molar-refractivity contribution is 5.45. The van der Waals surface area contributed by atoms with Gasteiger partial charge >= 0.3 is 0 Å². The first-order valence-corrected chi connectivity index (χ1v) is 10.6. The minimum atomic E-state index is -0.894. The molecule has 1 fully saturated rings. The lowest BCUT2D eigenvalue weighted by atomic mass is 9.52. The Labute approximate surface area is 174 Å². The van der Waals surface area contributed by atoms with Crippen LogP contribution in [-0.4, -0.2) is 41.4 Å². The maximum absolute atomic E-state index is 11.3. The monoisotopic (exact) mass is 389 g/mol. The molecule has 152 valence electrons. The number of hydrogen-bond acceptors (Lipinski definition) is 3. The first-order valence-electron chi connectivity index (χ1n) is 10.6. The Balaban J connectivity index is 1.70. The molecule has 0 amide bonds. The number of phenolic OH excluding ortho intramolecular Hbond substituents is 1. The van der Waals surface area contributed by atoms with Crippen molar-refractivity contribution in [3.63, 3.8) is 0 Å². The fourth-order valence-corrected chi connectivity index (χ4v) is 5.44. The predicted molar refractivity (Wildman–Crippen MR) is 117 cm³/mol. The summed E-state index contributed by atoms with van der Waals surface area (Å²) < 4.78 is 0. The van der Waals surface area contributed by atoms with Crippen molar-refractivity contribution in [2.24, 2.45) is 5.92 Å². The zero-order valence-corrected chi connectivity index (χ0v) is 17.5. The van der Waals surface area contributed by atoms with Gasteiger partial charge in [-0.15, -0.1) is 0 Å². The Kier molecular flexibility index (Phi) is 5.42. The first-order chi connectivity index (χ1) is 13.9. The zero-order valence-electron chi connectivity index (χ0n) is 17.5. The molecule has 2 aliphatic carbocycles. The summed E-state index contributed by atoms with van der Waals surface area (Å²) in [6.45, 7) is 0.671. The van der Waals surface area contributed by atoms with Crippen LogP contribution in [0.3, 0.4) is 0 Å². The van der Waals surface area contributed by atoms with Crippen LogP contribution in [-0.2, 0) is 18.3 Å². The molecule has 0 heterocycles. The number of aryl methyl sites for hydroxylation is 1. The van der Waals surface area contributed by atoms with E-state index < -0.39 is 5.60 Å². The van der Waals surface area contributed by atoms with Crippen molar-refractivity contribution in [1.82, 2.24) is 4.90 Å². The van der Waals surface area contributed by atoms with Gasteiger partial charge in [0, 0.05) is 5.41 Å². The molecule has 1 saturated carbocycles. The molecule has 2 aromatic rings. The molecule has 0 saturated heterocycles. The van der Waals surface area contributed by atoms with Crippen molar-refractivity contribution in [3.05, 3.63) is 65.2 Å². The van der Waals surface area contributed by atoms with Gasteiger partial charge in [-0.25, -0.2) is 0 Å². The Morgan fingerprint density at radius 1 is 1.10 bits per heavy atom. The van der Waals surface area contributed by atoms with Crippen molar-refractivity contribution in [2.75, 3.05) is 20.6 Å². The summed E-state index contributed by atoms with van der Waals surface area (Å²) in [6, 6.07) is 16.6. The molecular weight excluding hydrogens is 358 g/mol. The number of nitrogens with zero attached hydrogens (tertiary/aromatic N) is 1. The maximum Gasteiger partial charge on any atom is 0.125 e. The Hall–Kier alpha value is -2.28. The van der Waals surface area contributed by atoms with Crippen molar-refractivity contribution in [3.8, 4) is 17.6 Å². The normalized spacial score (nSPS) is 28.2. The molecule has 0 aromatic heterocycles. The van der Waals surface area contributed by atoms with E-state index in [0.29, 0.717) is 24.6 Å². The SMILES string of the molecule is CN(C)CC#CC1(O)CC[C@@]2(Cc3ccccc3)c3ccc(O)cc3CC[C@@H]2C1. The fraction of sp³-hybridized carbons (Fsp3) is 0.462. The standard InChI is InChI=1S/C26H31NO2/c1-27(2)16-6-13-25(29)14-15-26(18-20-7-4-3-5-8-20)22(19-25)10-9-21-17-23(28)11-12-24(21)26/h3-5,7-8,11-12,17,22,28-29H,9-10,14-16,18-19H2,1-2H3/t22-,25?,26+/m1/s1. The average molecular weight is 390 g/mol. The highest BCUT2D eigenvalue weighted by Crippen LogP contribution is 2.54. The smallest absolute Gasteiger partial charge is 0.125 e. The Morgan fingerprint density at radius 2 is 1.90 bits per heavy atom. The average Bonchev–Trinajstić information content (AvgIpc) is 2.69. The van der Waals surface area contributed by atoms with E-state index in [-0.39, 0.29) is 5.41 Å². The van der Waals surface area contributed by atoms with Crippen LogP contribution in [0.2, 0.25) is 0 Å². The molecule has 3 nitrogen and oxygen atoms in total. The van der Waals surface area contributed by atoms with Gasteiger partial charge < -0.3 is 10.2 Å². The molecule has 0 aliphatic heterocycles. The predicted octanol–water partition coefficient (Wildman–Crippen LogP) is 3.92. The molecule has 3 atom stereocenters. The van der Waals surface area contributed by atoms with Crippen molar-refractivity contribution >= 4 is 0 Å². The van der Waals surface area contributed by atoms with Crippen LogP contribution in [0, 0.1) is 17.8 Å². The van der Waals surface area contributed by atoms with E-state index in [9.17, 15) is 10.2 Å². The molecular formula is C26H31NO2. The van der Waals surface area contributed by atoms with Gasteiger partial charge in [-0.1, -0.05) is 48.2 Å². The summed E-state index contributed by atoms with van der Waals surface area (Å²) in [6.07, 6.45) is 5.28. The lowest BCUT2D eigenvalue weighted by Gasteiger charge is -2.52. The number of hydrogen-bond donors (Lipinski definition) is 2. The van der Waals surface area contributed by atoms with Crippen LogP contribution in [0.25, 0.3) is 0 Å². The van der Waals surface area contributed by atoms with Gasteiger partial charge in [-0.3, -0.25) is 4.90 Å². The van der Waals surface area contributed by atoms with E-state index in [0.717, 1.165) is 32.1 Å². The second-order valence-corrected chi connectivity index (χ2v) is 9.17. The largest absolute Gasteiger partial charge is 0.508 e. The summed E-state index contributed by atoms with van der Waals surface area (Å²) in [7, 11) is 4.00. The quantitative estimate of drug-likeness (QED) is 0.782. The second-order valence-electron chi connectivity index (χ2n) is 9.17. The van der Waals surface area contributed by atoms with Crippen molar-refractivity contribution in [1.29, 1.82) is 0 Å². The lowest BCUT2D eigenvalue weighted by molar-refractivity contribution is -0.00809. The molecule has 2 N–H and O–H groups in total. The fourth-order valence-electron chi connectivity index (χ4n) is 5.44. The molecule has 3 heteroatoms. The summed E-state index contributed by atoms with van der Waals surface area (Å²) in [5.41, 5.74) is 3.07. The Bertz CT molecular complexity index is 927. The number of rotatable bonds is 3. The van der Waals surface area contributed by atoms with E-state index in [1.54, 1.807) is 0 Å². The summed E-state index contributed by atoms with van der Waals surface area (Å²) >= 11 is 0. The third-order valence-electron chi connectivity index (χ3n) is 6.82. The molecule has 0 bridgehead atoms. The molecule has 4 rings (SSSR count). The lowest BCUT2D eigenvalue weighted by Crippen LogP contribution is -2.50. The zero-order chi connectivity index (χ0) is 20.5. The van der Waals surface area contributed by atoms with Gasteiger partial charge in [0.2, 0.25) is 0 Å². The van der Waals surface area contributed by atoms with Gasteiger partial charge in [0.1, 0.15) is 11.4 Å². The Morgan fingerprint density at radius 3 is 2.66 bits per heavy atom. The number of aromatic hydroxyl groups is 1. The molecule has 2 aliphatic rings. The van der Waals surface area contributed by atoms with E-state index in [2.05, 4.69) is 48.2 Å². The topological polar surface area (TPSA) is 43.7 Å². The van der Waals surface area contributed by atoms with Gasteiger partial charge in [-0.05, 0) is 87.4 Å². The highest BCUT2D eigenvalue weighted by Gasteiger charge is 2.51. The van der Waals surface area contributed by atoms with Crippen molar-refractivity contribution < 1.29 is 10.2 Å². The van der Waals surface area contributed by atoms with E-state index in [4.69, 9.17) is 0 Å². The third-order valence-corrected chi connectivity index (χ3v) is 6.82. The van der Waals surface area contributed by atoms with Crippen molar-refractivity contribution in [2.45, 2.75) is 49.5 Å². The number of fused-ring (bicyclic) bond motifs is 3. The number of aliphatic hydroxyl groups is 1. The van der Waals surface area contributed by atoms with E-state index in [1.165, 1.54) is 16.7 Å². The molecule has 0 spiro atoms. The molecule has 29 heavy (non-hydrogen) atoms. The minimum absolute atomic E-state index is 0.00189. The van der Waals surface area contributed by atoms with E-state index in [1.807, 2.05) is 31.1 Å². The summed E-state index contributed by atoms with van der Waals surface area (Å²) in [4.78, 5) is 2.03. The van der Waals surface area contributed by atoms with Crippen LogP contribution in [0.5, 0.6) is 5.75 Å².